The van der Waals surface area contributed by atoms with Crippen LogP contribution < -0.4 is 0 Å². The van der Waals surface area contributed by atoms with Crippen molar-refractivity contribution in [2.45, 2.75) is 211 Å². The van der Waals surface area contributed by atoms with Crippen molar-refractivity contribution in [3.63, 3.8) is 0 Å². The third kappa shape index (κ3) is 31.0. The molecule has 8 atom stereocenters. The second-order valence-electron chi connectivity index (χ2n) is 16.3. The molecule has 13 nitrogen and oxygen atoms in total. The van der Waals surface area contributed by atoms with Crippen molar-refractivity contribution in [2.24, 2.45) is 0 Å². The fourth-order valence-corrected chi connectivity index (χ4v) is 7.63. The first-order valence-electron chi connectivity index (χ1n) is 23.7. The Labute approximate surface area is 378 Å². The molecule has 0 aromatic rings. The van der Waals surface area contributed by atoms with Gasteiger partial charge in [-0.15, -0.1) is 0 Å². The van der Waals surface area contributed by atoms with Gasteiger partial charge in [0.25, 0.3) is 0 Å². The van der Waals surface area contributed by atoms with Crippen molar-refractivity contribution in [1.29, 1.82) is 0 Å². The van der Waals surface area contributed by atoms with Gasteiger partial charge in [0.1, 0.15) is 43.2 Å². The first-order valence-corrected chi connectivity index (χ1v) is 25.2. The molecule has 0 radical (unpaired) electrons. The fourth-order valence-electron chi connectivity index (χ4n) is 6.66. The van der Waals surface area contributed by atoms with Crippen LogP contribution in [0, 0.1) is 0 Å². The van der Waals surface area contributed by atoms with Crippen molar-refractivity contribution in [1.82, 2.24) is 0 Å². The number of aliphatic hydroxyl groups is 5. The molecule has 0 bridgehead atoms. The van der Waals surface area contributed by atoms with Crippen molar-refractivity contribution < 1.29 is 63.1 Å². The Kier molecular flexibility index (Phi) is 35.7. The lowest BCUT2D eigenvalue weighted by molar-refractivity contribution is -0.220. The van der Waals surface area contributed by atoms with Crippen LogP contribution in [0.3, 0.4) is 0 Å². The number of rotatable bonds is 38. The second-order valence-corrected chi connectivity index (χ2v) is 17.7. The predicted molar refractivity (Wildman–Crippen MR) is 249 cm³/mol. The Morgan fingerprint density at radius 3 is 1.38 bits per heavy atom. The maximum Gasteiger partial charge on any atom is 0.472 e. The normalized spacial score (nSPS) is 22.3. The van der Waals surface area contributed by atoms with E-state index in [0.717, 1.165) is 64.2 Å². The Morgan fingerprint density at radius 2 is 0.873 bits per heavy atom. The minimum atomic E-state index is -5.14. The molecule has 1 aliphatic carbocycles. The highest BCUT2D eigenvalue weighted by molar-refractivity contribution is 7.47. The van der Waals surface area contributed by atoms with Gasteiger partial charge in [-0.25, -0.2) is 4.57 Å². The van der Waals surface area contributed by atoms with Crippen molar-refractivity contribution in [3.05, 3.63) is 72.9 Å². The number of unbranched alkanes of at least 4 members (excludes halogenated alkanes) is 14. The van der Waals surface area contributed by atoms with Crippen molar-refractivity contribution in [3.8, 4) is 0 Å². The summed E-state index contributed by atoms with van der Waals surface area (Å²) in [6, 6.07) is 0. The summed E-state index contributed by atoms with van der Waals surface area (Å²) in [5.41, 5.74) is 0. The minimum Gasteiger partial charge on any atom is -0.462 e. The molecule has 14 heteroatoms. The van der Waals surface area contributed by atoms with E-state index in [2.05, 4.69) is 74.6 Å². The van der Waals surface area contributed by atoms with Crippen LogP contribution in [0.25, 0.3) is 0 Å². The molecule has 0 aromatic carbocycles. The van der Waals surface area contributed by atoms with Gasteiger partial charge in [-0.1, -0.05) is 145 Å². The number of phosphoric ester groups is 1. The van der Waals surface area contributed by atoms with Crippen LogP contribution in [-0.2, 0) is 32.7 Å². The lowest BCUT2D eigenvalue weighted by atomic mass is 9.85. The molecule has 1 fully saturated rings. The van der Waals surface area contributed by atoms with Gasteiger partial charge in [0.05, 0.1) is 6.61 Å². The molecule has 6 unspecified atom stereocenters. The van der Waals surface area contributed by atoms with Crippen LogP contribution >= 0.6 is 7.82 Å². The minimum absolute atomic E-state index is 0.0570. The first kappa shape index (κ1) is 58.3. The van der Waals surface area contributed by atoms with Crippen LogP contribution in [-0.4, -0.2) is 98.3 Å². The van der Waals surface area contributed by atoms with E-state index in [4.69, 9.17) is 18.5 Å². The summed E-state index contributed by atoms with van der Waals surface area (Å²) in [4.78, 5) is 35.7. The molecular formula is C49H83O13P. The molecule has 0 spiro atoms. The molecule has 0 saturated heterocycles. The zero-order chi connectivity index (χ0) is 46.4. The van der Waals surface area contributed by atoms with Crippen LogP contribution in [0.4, 0.5) is 0 Å². The quantitative estimate of drug-likeness (QED) is 0.0148. The van der Waals surface area contributed by atoms with Crippen LogP contribution in [0.5, 0.6) is 0 Å². The lowest BCUT2D eigenvalue weighted by Crippen LogP contribution is -2.64. The standard InChI is InChI=1S/C49H83O13P/c1-3-5-7-9-11-13-15-17-19-21-23-25-27-29-31-33-35-37-42(50)59-39-41(40-60-63(57,58)62-49-47(55)45(53)44(52)46(54)48(49)56)61-43(51)38-36-34-32-30-28-26-24-22-20-18-16-14-12-10-8-6-4-2/h12,14,17-20,23-26,29,31,41,44-49,52-56H,3-11,13,15-16,21-22,27-28,30,32-40H2,1-2H3,(H,57,58)/t41-,44?,45-,46?,47?,48?,49?/m1/s1. The third-order valence-corrected chi connectivity index (χ3v) is 11.5. The number of phosphoric acid groups is 1. The number of ether oxygens (including phenoxy) is 2. The summed E-state index contributed by atoms with van der Waals surface area (Å²) in [5, 5.41) is 50.2. The molecule has 362 valence electrons. The number of allylic oxidation sites excluding steroid dienone is 12. The first-order chi connectivity index (χ1) is 30.4. The van der Waals surface area contributed by atoms with E-state index in [9.17, 15) is 44.6 Å². The molecule has 63 heavy (non-hydrogen) atoms. The number of carbonyl (C=O) groups is 2. The van der Waals surface area contributed by atoms with E-state index in [-0.39, 0.29) is 12.8 Å². The molecule has 1 aliphatic rings. The molecular weight excluding hydrogens is 828 g/mol. The van der Waals surface area contributed by atoms with Gasteiger partial charge in [-0.05, 0) is 83.5 Å². The van der Waals surface area contributed by atoms with E-state index in [1.807, 2.05) is 12.2 Å². The average Bonchev–Trinajstić information content (AvgIpc) is 3.26. The molecule has 0 amide bonds. The maximum atomic E-state index is 12.8. The zero-order valence-corrected chi connectivity index (χ0v) is 39.2. The Hall–Kier alpha value is -2.71. The number of esters is 2. The predicted octanol–water partition coefficient (Wildman–Crippen LogP) is 9.50. The monoisotopic (exact) mass is 911 g/mol. The number of hydrogen-bond donors (Lipinski definition) is 6. The van der Waals surface area contributed by atoms with Crippen LogP contribution in [0.2, 0.25) is 0 Å². The third-order valence-electron chi connectivity index (χ3n) is 10.5. The van der Waals surface area contributed by atoms with Gasteiger partial charge in [0.15, 0.2) is 6.10 Å². The van der Waals surface area contributed by atoms with E-state index >= 15 is 0 Å². The summed E-state index contributed by atoms with van der Waals surface area (Å²) >= 11 is 0. The fraction of sp³-hybridized carbons (Fsp3) is 0.714. The molecule has 1 saturated carbocycles. The molecule has 6 N–H and O–H groups in total. The van der Waals surface area contributed by atoms with E-state index in [1.165, 1.54) is 57.8 Å². The highest BCUT2D eigenvalue weighted by atomic mass is 31.2. The average molecular weight is 911 g/mol. The van der Waals surface area contributed by atoms with Gasteiger partial charge in [0.2, 0.25) is 0 Å². The van der Waals surface area contributed by atoms with Gasteiger partial charge in [-0.2, -0.15) is 0 Å². The molecule has 0 heterocycles. The van der Waals surface area contributed by atoms with Gasteiger partial charge in [-0.3, -0.25) is 18.6 Å². The summed E-state index contributed by atoms with van der Waals surface area (Å²) < 4.78 is 33.5. The van der Waals surface area contributed by atoms with Crippen molar-refractivity contribution in [2.75, 3.05) is 13.2 Å². The summed E-state index contributed by atoms with van der Waals surface area (Å²) in [6.07, 6.45) is 35.3. The van der Waals surface area contributed by atoms with E-state index < -0.39 is 75.7 Å². The van der Waals surface area contributed by atoms with Gasteiger partial charge >= 0.3 is 19.8 Å². The zero-order valence-electron chi connectivity index (χ0n) is 38.3. The highest BCUT2D eigenvalue weighted by Crippen LogP contribution is 2.47. The largest absolute Gasteiger partial charge is 0.472 e. The lowest BCUT2D eigenvalue weighted by Gasteiger charge is -2.41. The Morgan fingerprint density at radius 1 is 0.492 bits per heavy atom. The summed E-state index contributed by atoms with van der Waals surface area (Å²) in [5.74, 6) is -1.19. The van der Waals surface area contributed by atoms with Crippen molar-refractivity contribution >= 4 is 19.8 Å². The molecule has 0 aromatic heterocycles. The number of aliphatic hydroxyl groups excluding tert-OH is 5. The summed E-state index contributed by atoms with van der Waals surface area (Å²) in [6.45, 7) is 3.20. The van der Waals surface area contributed by atoms with E-state index in [1.54, 1.807) is 0 Å². The van der Waals surface area contributed by atoms with Crippen LogP contribution in [0.1, 0.15) is 168 Å². The molecule has 0 aliphatic heterocycles. The highest BCUT2D eigenvalue weighted by Gasteiger charge is 2.51. The van der Waals surface area contributed by atoms with Crippen LogP contribution in [0.15, 0.2) is 72.9 Å². The number of carbonyl (C=O) groups excluding carboxylic acids is 2. The second kappa shape index (κ2) is 38.5. The SMILES string of the molecule is CCCCCC=CCC=CCC=CCCCCCCC(=O)O[C@H](COC(=O)CCCC=CCC=CCC=CCCCCCCCC)COP(=O)(O)OC1C(O)C(O)C(O)[C@@H](O)C1O. The Balaban J connectivity index is 2.51. The smallest absolute Gasteiger partial charge is 0.462 e. The Bertz CT molecular complexity index is 1380. The maximum absolute atomic E-state index is 12.8. The molecule has 1 rings (SSSR count). The summed E-state index contributed by atoms with van der Waals surface area (Å²) in [7, 11) is -5.14. The van der Waals surface area contributed by atoms with E-state index in [0.29, 0.717) is 19.3 Å². The topological polar surface area (TPSA) is 210 Å². The van der Waals surface area contributed by atoms with Gasteiger partial charge < -0.3 is 39.9 Å². The number of hydrogen-bond acceptors (Lipinski definition) is 12. The van der Waals surface area contributed by atoms with Gasteiger partial charge in [0, 0.05) is 12.8 Å².